The molecule has 0 fully saturated rings. The number of rotatable bonds is 1. The van der Waals surface area contributed by atoms with Crippen molar-refractivity contribution in [3.05, 3.63) is 29.6 Å². The van der Waals surface area contributed by atoms with E-state index in [-0.39, 0.29) is 5.69 Å². The Morgan fingerprint density at radius 3 is 2.57 bits per heavy atom. The van der Waals surface area contributed by atoms with Gasteiger partial charge in [-0.05, 0) is 18.6 Å². The fourth-order valence-corrected chi connectivity index (χ4v) is 0.965. The van der Waals surface area contributed by atoms with E-state index in [0.29, 0.717) is 5.56 Å². The van der Waals surface area contributed by atoms with Crippen molar-refractivity contribution in [3.8, 4) is 0 Å². The Morgan fingerprint density at radius 1 is 1.43 bits per heavy atom. The van der Waals surface area contributed by atoms with Crippen molar-refractivity contribution in [1.82, 2.24) is 0 Å². The van der Waals surface area contributed by atoms with Gasteiger partial charge in [-0.2, -0.15) is 0 Å². The molecule has 0 aliphatic heterocycles. The maximum atomic E-state index is 13.1. The molecule has 0 unspecified atom stereocenters. The fourth-order valence-electron chi connectivity index (χ4n) is 0.965. The van der Waals surface area contributed by atoms with Gasteiger partial charge in [0.2, 0.25) is 0 Å². The van der Waals surface area contributed by atoms with Crippen molar-refractivity contribution < 1.29 is 14.0 Å². The van der Waals surface area contributed by atoms with Gasteiger partial charge in [-0.25, -0.2) is 4.39 Å². The molecule has 1 aromatic rings. The molecule has 0 aliphatic carbocycles. The number of anilines is 1. The first-order chi connectivity index (χ1) is 6.52. The highest BCUT2D eigenvalue weighted by Crippen LogP contribution is 2.18. The number of nitrogens with two attached hydrogens (primary N) is 1. The van der Waals surface area contributed by atoms with Crippen LogP contribution in [0.3, 0.4) is 0 Å². The van der Waals surface area contributed by atoms with Crippen LogP contribution in [0.1, 0.15) is 5.56 Å². The summed E-state index contributed by atoms with van der Waals surface area (Å²) in [6.45, 7) is 1.61. The summed E-state index contributed by atoms with van der Waals surface area (Å²) in [5, 5.41) is 2.09. The van der Waals surface area contributed by atoms with Crippen molar-refractivity contribution in [2.45, 2.75) is 6.92 Å². The molecule has 3 N–H and O–H groups in total. The van der Waals surface area contributed by atoms with Gasteiger partial charge in [-0.3, -0.25) is 9.59 Å². The summed E-state index contributed by atoms with van der Waals surface area (Å²) in [5.41, 5.74) is 5.22. The average Bonchev–Trinajstić information content (AvgIpc) is 2.11. The van der Waals surface area contributed by atoms with Crippen molar-refractivity contribution in [2.24, 2.45) is 5.73 Å². The molecule has 0 heterocycles. The Kier molecular flexibility index (Phi) is 2.81. The lowest BCUT2D eigenvalue weighted by Gasteiger charge is -2.06. The third-order valence-corrected chi connectivity index (χ3v) is 1.68. The third kappa shape index (κ3) is 2.07. The number of para-hydroxylation sites is 1. The van der Waals surface area contributed by atoms with Gasteiger partial charge in [0, 0.05) is 0 Å². The minimum atomic E-state index is -1.15. The van der Waals surface area contributed by atoms with Gasteiger partial charge in [-0.1, -0.05) is 12.1 Å². The Bertz CT molecular complexity index is 370. The van der Waals surface area contributed by atoms with Crippen LogP contribution < -0.4 is 11.1 Å². The Hall–Kier alpha value is -1.91. The number of benzene rings is 1. The summed E-state index contributed by atoms with van der Waals surface area (Å²) in [6.07, 6.45) is 0. The van der Waals surface area contributed by atoms with Crippen LogP contribution in [0, 0.1) is 12.7 Å². The number of aryl methyl sites for hydroxylation is 1. The molecule has 1 rings (SSSR count). The predicted molar refractivity (Wildman–Crippen MR) is 49.0 cm³/mol. The van der Waals surface area contributed by atoms with Gasteiger partial charge in [-0.15, -0.1) is 0 Å². The van der Waals surface area contributed by atoms with E-state index in [0.717, 1.165) is 0 Å². The number of carbonyl (C=O) groups is 2. The van der Waals surface area contributed by atoms with Crippen LogP contribution >= 0.6 is 0 Å². The van der Waals surface area contributed by atoms with Crippen molar-refractivity contribution in [1.29, 1.82) is 0 Å². The second-order valence-corrected chi connectivity index (χ2v) is 2.75. The molecule has 2 amide bonds. The topological polar surface area (TPSA) is 72.2 Å². The largest absolute Gasteiger partial charge is 0.361 e. The minimum Gasteiger partial charge on any atom is -0.361 e. The lowest BCUT2D eigenvalue weighted by molar-refractivity contribution is -0.134. The smallest absolute Gasteiger partial charge is 0.313 e. The van der Waals surface area contributed by atoms with Gasteiger partial charge < -0.3 is 11.1 Å². The zero-order valence-corrected chi connectivity index (χ0v) is 7.50. The number of hydrogen-bond acceptors (Lipinski definition) is 2. The van der Waals surface area contributed by atoms with Gasteiger partial charge >= 0.3 is 11.8 Å². The summed E-state index contributed by atoms with van der Waals surface area (Å²) < 4.78 is 13.1. The molecular formula is C9H9FN2O2. The average molecular weight is 196 g/mol. The van der Waals surface area contributed by atoms with Crippen LogP contribution in [0.4, 0.5) is 10.1 Å². The van der Waals surface area contributed by atoms with Crippen LogP contribution in [0.2, 0.25) is 0 Å². The zero-order valence-electron chi connectivity index (χ0n) is 7.50. The van der Waals surface area contributed by atoms with E-state index in [1.165, 1.54) is 12.1 Å². The molecule has 14 heavy (non-hydrogen) atoms. The first-order valence-electron chi connectivity index (χ1n) is 3.88. The van der Waals surface area contributed by atoms with E-state index in [9.17, 15) is 14.0 Å². The molecule has 0 saturated heterocycles. The Morgan fingerprint density at radius 2 is 2.07 bits per heavy atom. The van der Waals surface area contributed by atoms with E-state index in [1.54, 1.807) is 13.0 Å². The lowest BCUT2D eigenvalue weighted by Crippen LogP contribution is -2.30. The lowest BCUT2D eigenvalue weighted by atomic mass is 10.2. The van der Waals surface area contributed by atoms with Crippen molar-refractivity contribution >= 4 is 17.5 Å². The summed E-state index contributed by atoms with van der Waals surface area (Å²) in [6, 6.07) is 4.30. The molecule has 5 heteroatoms. The first kappa shape index (κ1) is 10.2. The minimum absolute atomic E-state index is 0.0173. The van der Waals surface area contributed by atoms with E-state index >= 15 is 0 Å². The van der Waals surface area contributed by atoms with Crippen molar-refractivity contribution in [2.75, 3.05) is 5.32 Å². The summed E-state index contributed by atoms with van der Waals surface area (Å²) >= 11 is 0. The monoisotopic (exact) mass is 196 g/mol. The summed E-state index contributed by atoms with van der Waals surface area (Å²) in [4.78, 5) is 21.3. The first-order valence-corrected chi connectivity index (χ1v) is 3.88. The van der Waals surface area contributed by atoms with E-state index < -0.39 is 17.6 Å². The molecular weight excluding hydrogens is 187 g/mol. The molecule has 0 spiro atoms. The Balaban J connectivity index is 2.97. The fraction of sp³-hybridized carbons (Fsp3) is 0.111. The van der Waals surface area contributed by atoms with Crippen LogP contribution in [0.15, 0.2) is 18.2 Å². The SMILES string of the molecule is Cc1cccc(F)c1NC(=O)C(N)=O. The second kappa shape index (κ2) is 3.87. The highest BCUT2D eigenvalue weighted by Gasteiger charge is 2.12. The molecule has 0 bridgehead atoms. The van der Waals surface area contributed by atoms with E-state index in [1.807, 2.05) is 0 Å². The third-order valence-electron chi connectivity index (χ3n) is 1.68. The van der Waals surface area contributed by atoms with Crippen LogP contribution in [-0.2, 0) is 9.59 Å². The second-order valence-electron chi connectivity index (χ2n) is 2.75. The van der Waals surface area contributed by atoms with E-state index in [4.69, 9.17) is 5.73 Å². The molecule has 0 saturated carbocycles. The quantitative estimate of drug-likeness (QED) is 0.644. The zero-order chi connectivity index (χ0) is 10.7. The Labute approximate surface area is 79.9 Å². The van der Waals surface area contributed by atoms with Gasteiger partial charge in [0.15, 0.2) is 0 Å². The molecule has 1 aromatic carbocycles. The summed E-state index contributed by atoms with van der Waals surface area (Å²) in [7, 11) is 0. The molecule has 4 nitrogen and oxygen atoms in total. The predicted octanol–water partition coefficient (Wildman–Crippen LogP) is 0.558. The molecule has 74 valence electrons. The maximum Gasteiger partial charge on any atom is 0.313 e. The standard InChI is InChI=1S/C9H9FN2O2/c1-5-3-2-4-6(10)7(5)12-9(14)8(11)13/h2-4H,1H3,(H2,11,13)(H,12,14). The van der Waals surface area contributed by atoms with Gasteiger partial charge in [0.05, 0.1) is 5.69 Å². The van der Waals surface area contributed by atoms with E-state index in [2.05, 4.69) is 5.32 Å². The normalized spacial score (nSPS) is 9.57. The molecule has 0 atom stereocenters. The molecule has 0 radical (unpaired) electrons. The highest BCUT2D eigenvalue weighted by atomic mass is 19.1. The van der Waals surface area contributed by atoms with Crippen LogP contribution in [0.25, 0.3) is 0 Å². The van der Waals surface area contributed by atoms with Gasteiger partial charge in [0.1, 0.15) is 5.82 Å². The highest BCUT2D eigenvalue weighted by molar-refractivity contribution is 6.39. The van der Waals surface area contributed by atoms with Gasteiger partial charge in [0.25, 0.3) is 0 Å². The van der Waals surface area contributed by atoms with Crippen LogP contribution in [-0.4, -0.2) is 11.8 Å². The number of nitrogens with one attached hydrogen (secondary N) is 1. The number of primary amides is 1. The number of halogens is 1. The van der Waals surface area contributed by atoms with Crippen LogP contribution in [0.5, 0.6) is 0 Å². The number of amides is 2. The number of carbonyl (C=O) groups excluding carboxylic acids is 2. The summed E-state index contributed by atoms with van der Waals surface area (Å²) in [5.74, 6) is -2.77. The number of hydrogen-bond donors (Lipinski definition) is 2. The molecule has 0 aliphatic rings. The maximum absolute atomic E-state index is 13.1. The van der Waals surface area contributed by atoms with Crippen molar-refractivity contribution in [3.63, 3.8) is 0 Å². The molecule has 0 aromatic heterocycles.